The Morgan fingerprint density at radius 3 is 2.79 bits per heavy atom. The van der Waals surface area contributed by atoms with Crippen LogP contribution in [0.5, 0.6) is 11.5 Å². The van der Waals surface area contributed by atoms with E-state index in [2.05, 4.69) is 26.8 Å². The molecule has 1 amide bonds. The predicted molar refractivity (Wildman–Crippen MR) is 127 cm³/mol. The number of benzene rings is 1. The summed E-state index contributed by atoms with van der Waals surface area (Å²) in [6.45, 7) is 13.4. The van der Waals surface area contributed by atoms with Crippen LogP contribution in [0.3, 0.4) is 0 Å². The molecule has 4 rings (SSSR count). The summed E-state index contributed by atoms with van der Waals surface area (Å²) in [5, 5.41) is 10.1. The molecule has 1 aromatic carbocycles. The van der Waals surface area contributed by atoms with Crippen molar-refractivity contribution in [2.45, 2.75) is 90.6 Å². The first-order valence-corrected chi connectivity index (χ1v) is 12.2. The second-order valence-corrected chi connectivity index (χ2v) is 11.4. The van der Waals surface area contributed by atoms with E-state index in [1.54, 1.807) is 12.1 Å². The lowest BCUT2D eigenvalue weighted by molar-refractivity contribution is -0.191. The minimum absolute atomic E-state index is 0.0691. The van der Waals surface area contributed by atoms with Gasteiger partial charge in [-0.25, -0.2) is 4.79 Å². The van der Waals surface area contributed by atoms with E-state index in [4.69, 9.17) is 14.2 Å². The fourth-order valence-corrected chi connectivity index (χ4v) is 5.56. The first kappa shape index (κ1) is 23.9. The van der Waals surface area contributed by atoms with Crippen LogP contribution in [0.4, 0.5) is 4.79 Å². The molecule has 3 aliphatic heterocycles. The molecule has 0 aliphatic carbocycles. The van der Waals surface area contributed by atoms with Crippen molar-refractivity contribution in [3.8, 4) is 11.5 Å². The predicted octanol–water partition coefficient (Wildman–Crippen LogP) is 5.99. The SMILES string of the molecule is CC(C)=CCC[C@]1(C)Oc2cc(O)ccc2[C@@H]2O[C@@H]3CCN(C(=O)OC(C)(C)C)C[C@@H]3C[C@H]21. The van der Waals surface area contributed by atoms with Crippen LogP contribution in [0.1, 0.15) is 78.9 Å². The smallest absolute Gasteiger partial charge is 0.410 e. The van der Waals surface area contributed by atoms with Crippen LogP contribution < -0.4 is 4.74 Å². The Balaban J connectivity index is 1.58. The number of hydrogen-bond acceptors (Lipinski definition) is 5. The second kappa shape index (κ2) is 8.86. The minimum atomic E-state index is -0.502. The van der Waals surface area contributed by atoms with Crippen LogP contribution in [0.15, 0.2) is 29.8 Å². The zero-order chi connectivity index (χ0) is 24.0. The monoisotopic (exact) mass is 457 g/mol. The fraction of sp³-hybridized carbons (Fsp3) is 0.667. The highest BCUT2D eigenvalue weighted by molar-refractivity contribution is 5.68. The lowest BCUT2D eigenvalue weighted by Crippen LogP contribution is -2.57. The summed E-state index contributed by atoms with van der Waals surface area (Å²) < 4.78 is 19.0. The summed E-state index contributed by atoms with van der Waals surface area (Å²) >= 11 is 0. The second-order valence-electron chi connectivity index (χ2n) is 11.4. The van der Waals surface area contributed by atoms with Crippen LogP contribution in [0.2, 0.25) is 0 Å². The van der Waals surface area contributed by atoms with Crippen molar-refractivity contribution >= 4 is 6.09 Å². The molecule has 3 aliphatic rings. The molecule has 1 N–H and O–H groups in total. The van der Waals surface area contributed by atoms with Gasteiger partial charge in [0.15, 0.2) is 0 Å². The molecular weight excluding hydrogens is 418 g/mol. The summed E-state index contributed by atoms with van der Waals surface area (Å²) in [4.78, 5) is 14.5. The number of hydrogen-bond donors (Lipinski definition) is 1. The average Bonchev–Trinajstić information content (AvgIpc) is 2.70. The molecule has 5 atom stereocenters. The van der Waals surface area contributed by atoms with E-state index in [9.17, 15) is 9.90 Å². The summed E-state index contributed by atoms with van der Waals surface area (Å²) in [7, 11) is 0. The molecule has 1 aromatic rings. The van der Waals surface area contributed by atoms with Gasteiger partial charge in [0.1, 0.15) is 22.7 Å². The first-order chi connectivity index (χ1) is 15.4. The maximum atomic E-state index is 12.7. The number of carbonyl (C=O) groups is 1. The van der Waals surface area contributed by atoms with Gasteiger partial charge >= 0.3 is 6.09 Å². The number of phenols is 1. The molecule has 0 aromatic heterocycles. The number of likely N-dealkylation sites (tertiary alicyclic amines) is 1. The third-order valence-corrected chi connectivity index (χ3v) is 7.18. The number of nitrogens with zero attached hydrogens (tertiary/aromatic N) is 1. The largest absolute Gasteiger partial charge is 0.508 e. The maximum Gasteiger partial charge on any atom is 0.410 e. The van der Waals surface area contributed by atoms with Crippen LogP contribution in [0.25, 0.3) is 0 Å². The standard InChI is InChI=1S/C27H39NO5/c1-17(2)8-7-12-27(6)21-14-18-16-28(25(30)33-26(3,4)5)13-11-22(18)31-24(21)20-10-9-19(29)15-23(20)32-27/h8-10,15,18,21-22,24,29H,7,11-14,16H2,1-6H3/t18-,21+,22+,24-,27-/m0/s1. The highest BCUT2D eigenvalue weighted by Gasteiger charge is 2.53. The van der Waals surface area contributed by atoms with E-state index >= 15 is 0 Å². The zero-order valence-electron chi connectivity index (χ0n) is 20.9. The quantitative estimate of drug-likeness (QED) is 0.565. The van der Waals surface area contributed by atoms with E-state index in [0.717, 1.165) is 37.0 Å². The van der Waals surface area contributed by atoms with Gasteiger partial charge in [-0.15, -0.1) is 0 Å². The number of piperidine rings is 1. The van der Waals surface area contributed by atoms with Crippen molar-refractivity contribution in [1.82, 2.24) is 4.90 Å². The number of carbonyl (C=O) groups excluding carboxylic acids is 1. The molecule has 6 heteroatoms. The van der Waals surface area contributed by atoms with Crippen LogP contribution in [-0.4, -0.2) is 46.5 Å². The summed E-state index contributed by atoms with van der Waals surface area (Å²) in [5.41, 5.74) is 1.39. The number of fused-ring (bicyclic) bond motifs is 4. The van der Waals surface area contributed by atoms with Crippen LogP contribution in [-0.2, 0) is 9.47 Å². The molecule has 3 heterocycles. The summed E-state index contributed by atoms with van der Waals surface area (Å²) in [5.74, 6) is 1.34. The van der Waals surface area contributed by atoms with Crippen molar-refractivity contribution in [3.05, 3.63) is 35.4 Å². The Hall–Kier alpha value is -2.21. The van der Waals surface area contributed by atoms with E-state index < -0.39 is 11.2 Å². The molecule has 33 heavy (non-hydrogen) atoms. The molecule has 2 fully saturated rings. The number of allylic oxidation sites excluding steroid dienone is 2. The molecule has 0 unspecified atom stereocenters. The van der Waals surface area contributed by atoms with Gasteiger partial charge in [0.05, 0.1) is 12.2 Å². The summed E-state index contributed by atoms with van der Waals surface area (Å²) in [6.07, 6.45) is 5.57. The van der Waals surface area contributed by atoms with Gasteiger partial charge in [0.25, 0.3) is 0 Å². The number of aromatic hydroxyl groups is 1. The van der Waals surface area contributed by atoms with Gasteiger partial charge in [-0.2, -0.15) is 0 Å². The van der Waals surface area contributed by atoms with Crippen molar-refractivity contribution in [3.63, 3.8) is 0 Å². The zero-order valence-corrected chi connectivity index (χ0v) is 20.9. The van der Waals surface area contributed by atoms with Crippen molar-refractivity contribution in [2.75, 3.05) is 13.1 Å². The fourth-order valence-electron chi connectivity index (χ4n) is 5.56. The van der Waals surface area contributed by atoms with Gasteiger partial charge in [-0.3, -0.25) is 0 Å². The van der Waals surface area contributed by atoms with Crippen molar-refractivity contribution in [1.29, 1.82) is 0 Å². The van der Waals surface area contributed by atoms with Gasteiger partial charge in [-0.05, 0) is 79.4 Å². The highest BCUT2D eigenvalue weighted by atomic mass is 16.6. The van der Waals surface area contributed by atoms with Crippen LogP contribution in [0, 0.1) is 11.8 Å². The van der Waals surface area contributed by atoms with Gasteiger partial charge < -0.3 is 24.2 Å². The topological polar surface area (TPSA) is 68.2 Å². The average molecular weight is 458 g/mol. The van der Waals surface area contributed by atoms with E-state index in [1.807, 2.05) is 31.7 Å². The number of phenolic OH excluding ortho intramolecular Hbond substituents is 1. The number of ether oxygens (including phenoxy) is 3. The number of rotatable bonds is 3. The third kappa shape index (κ3) is 5.16. The molecule has 0 radical (unpaired) electrons. The molecule has 0 bridgehead atoms. The van der Waals surface area contributed by atoms with E-state index in [1.165, 1.54) is 5.57 Å². The lowest BCUT2D eigenvalue weighted by atomic mass is 9.68. The molecule has 182 valence electrons. The Kier molecular flexibility index (Phi) is 6.43. The van der Waals surface area contributed by atoms with E-state index in [-0.39, 0.29) is 35.9 Å². The normalized spacial score (nSPS) is 30.9. The molecular formula is C27H39NO5. The Morgan fingerprint density at radius 1 is 1.33 bits per heavy atom. The Morgan fingerprint density at radius 2 is 2.09 bits per heavy atom. The Labute approximate surface area is 197 Å². The molecule has 0 spiro atoms. The van der Waals surface area contributed by atoms with Crippen molar-refractivity contribution in [2.24, 2.45) is 11.8 Å². The third-order valence-electron chi connectivity index (χ3n) is 7.18. The summed E-state index contributed by atoms with van der Waals surface area (Å²) in [6, 6.07) is 5.37. The highest BCUT2D eigenvalue weighted by Crippen LogP contribution is 2.54. The minimum Gasteiger partial charge on any atom is -0.508 e. The maximum absolute atomic E-state index is 12.7. The molecule has 6 nitrogen and oxygen atoms in total. The molecule has 2 saturated heterocycles. The van der Waals surface area contributed by atoms with Crippen LogP contribution >= 0.6 is 0 Å². The van der Waals surface area contributed by atoms with E-state index in [0.29, 0.717) is 13.1 Å². The molecule has 0 saturated carbocycles. The van der Waals surface area contributed by atoms with Crippen molar-refractivity contribution < 1.29 is 24.1 Å². The Bertz CT molecular complexity index is 916. The number of amides is 1. The van der Waals surface area contributed by atoms with Gasteiger partial charge in [0.2, 0.25) is 0 Å². The van der Waals surface area contributed by atoms with Gasteiger partial charge in [-0.1, -0.05) is 11.6 Å². The first-order valence-electron chi connectivity index (χ1n) is 12.2. The van der Waals surface area contributed by atoms with Gasteiger partial charge in [0, 0.05) is 36.6 Å². The lowest BCUT2D eigenvalue weighted by Gasteiger charge is -2.54.